The van der Waals surface area contributed by atoms with Crippen LogP contribution in [0.25, 0.3) is 5.73 Å². The Kier molecular flexibility index (Phi) is 4.16. The van der Waals surface area contributed by atoms with Crippen molar-refractivity contribution in [2.24, 2.45) is 0 Å². The molecule has 0 aliphatic heterocycles. The number of aryl methyl sites for hydroxylation is 1. The second kappa shape index (κ2) is 4.69. The van der Waals surface area contributed by atoms with Crippen LogP contribution in [-0.2, 0) is 12.8 Å². The fraction of sp³-hybridized carbons (Fsp3) is 0.444. The van der Waals surface area contributed by atoms with E-state index in [-0.39, 0.29) is 50.1 Å². The molecule has 0 saturated carbocycles. The number of nitrogens with one attached hydrogen (secondary N) is 1. The molecule has 0 fully saturated rings. The summed E-state index contributed by atoms with van der Waals surface area (Å²) in [4.78, 5) is 4.27. The van der Waals surface area contributed by atoms with Gasteiger partial charge in [-0.05, 0) is 24.5 Å². The molecular weight excluding hydrogens is 363 g/mol. The molecule has 1 aliphatic rings. The van der Waals surface area contributed by atoms with Crippen LogP contribution >= 0.6 is 0 Å². The standard InChI is InChI=1S/C9H11N2.Ac/c10-8-3-4-9-7(6-8)2-1-5-11-9;/h1-2,5,8,10H,3-4,6H2;/q-1;/t8-;/m1./s1. The van der Waals surface area contributed by atoms with Gasteiger partial charge in [0.15, 0.2) is 0 Å². The van der Waals surface area contributed by atoms with Gasteiger partial charge in [-0.3, -0.25) is 4.98 Å². The van der Waals surface area contributed by atoms with E-state index in [2.05, 4.69) is 11.1 Å². The number of hydrogen-bond acceptors (Lipinski definition) is 1. The molecule has 2 nitrogen and oxygen atoms in total. The summed E-state index contributed by atoms with van der Waals surface area (Å²) < 4.78 is 0. The normalized spacial score (nSPS) is 20.9. The molecule has 2 rings (SSSR count). The first kappa shape index (κ1) is 10.6. The zero-order valence-corrected chi connectivity index (χ0v) is 11.7. The van der Waals surface area contributed by atoms with Crippen molar-refractivity contribution in [1.29, 1.82) is 0 Å². The Balaban J connectivity index is 0.000000720. The summed E-state index contributed by atoms with van der Waals surface area (Å²) in [7, 11) is 0. The minimum atomic E-state index is 0. The van der Waals surface area contributed by atoms with Crippen LogP contribution in [0.15, 0.2) is 18.3 Å². The van der Waals surface area contributed by atoms with Gasteiger partial charge < -0.3 is 5.73 Å². The van der Waals surface area contributed by atoms with Crippen LogP contribution in [0.3, 0.4) is 0 Å². The molecule has 61 valence electrons. The van der Waals surface area contributed by atoms with E-state index in [9.17, 15) is 0 Å². The molecule has 1 N–H and O–H groups in total. The quantitative estimate of drug-likeness (QED) is 0.685. The fourth-order valence-electron chi connectivity index (χ4n) is 1.56. The van der Waals surface area contributed by atoms with Crippen LogP contribution in [0.4, 0.5) is 0 Å². The first-order valence-corrected chi connectivity index (χ1v) is 4.00. The third-order valence-corrected chi connectivity index (χ3v) is 2.18. The molecule has 1 atom stereocenters. The third kappa shape index (κ3) is 2.28. The molecule has 0 unspecified atom stereocenters. The average molecular weight is 374 g/mol. The molecule has 1 aromatic rings. The number of nitrogens with zero attached hydrogens (tertiary/aromatic N) is 1. The molecular formula is C9H11AcN2-. The molecule has 1 aromatic heterocycles. The van der Waals surface area contributed by atoms with Crippen LogP contribution in [-0.4, -0.2) is 11.0 Å². The maximum absolute atomic E-state index is 7.57. The molecule has 0 amide bonds. The van der Waals surface area contributed by atoms with Crippen LogP contribution < -0.4 is 0 Å². The van der Waals surface area contributed by atoms with E-state index in [0.717, 1.165) is 19.3 Å². The Labute approximate surface area is 109 Å². The zero-order valence-electron chi connectivity index (χ0n) is 6.96. The summed E-state index contributed by atoms with van der Waals surface area (Å²) >= 11 is 0. The fourth-order valence-corrected chi connectivity index (χ4v) is 1.56. The molecule has 12 heavy (non-hydrogen) atoms. The molecule has 0 aromatic carbocycles. The Bertz CT molecular complexity index is 262. The molecule has 0 bridgehead atoms. The summed E-state index contributed by atoms with van der Waals surface area (Å²) in [6.07, 6.45) is 4.70. The van der Waals surface area contributed by atoms with Crippen LogP contribution in [0.2, 0.25) is 0 Å². The van der Waals surface area contributed by atoms with Crippen molar-refractivity contribution in [3.63, 3.8) is 0 Å². The number of fused-ring (bicyclic) bond motifs is 1. The Morgan fingerprint density at radius 1 is 1.50 bits per heavy atom. The van der Waals surface area contributed by atoms with Crippen molar-refractivity contribution in [2.75, 3.05) is 0 Å². The Morgan fingerprint density at radius 3 is 3.17 bits per heavy atom. The van der Waals surface area contributed by atoms with Gasteiger partial charge >= 0.3 is 0 Å². The summed E-state index contributed by atoms with van der Waals surface area (Å²) in [6.45, 7) is 0. The average Bonchev–Trinajstić information content (AvgIpc) is 2.04. The number of rotatable bonds is 0. The van der Waals surface area contributed by atoms with Gasteiger partial charge in [0.05, 0.1) is 0 Å². The summed E-state index contributed by atoms with van der Waals surface area (Å²) in [5.74, 6) is 0. The predicted molar refractivity (Wildman–Crippen MR) is 44.4 cm³/mol. The first-order valence-electron chi connectivity index (χ1n) is 4.00. The van der Waals surface area contributed by atoms with Crippen molar-refractivity contribution in [1.82, 2.24) is 4.98 Å². The van der Waals surface area contributed by atoms with Crippen molar-refractivity contribution < 1.29 is 44.1 Å². The maximum Gasteiger partial charge on any atom is 0.0434 e. The second-order valence-electron chi connectivity index (χ2n) is 3.05. The van der Waals surface area contributed by atoms with Crippen molar-refractivity contribution >= 4 is 0 Å². The van der Waals surface area contributed by atoms with Gasteiger partial charge in [-0.25, -0.2) is 0 Å². The van der Waals surface area contributed by atoms with Crippen molar-refractivity contribution in [3.05, 3.63) is 35.3 Å². The van der Waals surface area contributed by atoms with Crippen LogP contribution in [0.1, 0.15) is 17.7 Å². The van der Waals surface area contributed by atoms with E-state index in [1.807, 2.05) is 12.3 Å². The van der Waals surface area contributed by atoms with Gasteiger partial charge in [-0.1, -0.05) is 12.5 Å². The second-order valence-corrected chi connectivity index (χ2v) is 3.05. The number of hydrogen-bond donors (Lipinski definition) is 0. The number of pyridine rings is 1. The zero-order chi connectivity index (χ0) is 7.68. The van der Waals surface area contributed by atoms with Gasteiger partial charge in [-0.15, -0.1) is 6.04 Å². The Morgan fingerprint density at radius 2 is 2.33 bits per heavy atom. The van der Waals surface area contributed by atoms with Crippen molar-refractivity contribution in [3.8, 4) is 0 Å². The van der Waals surface area contributed by atoms with E-state index in [1.54, 1.807) is 0 Å². The molecule has 1 aliphatic carbocycles. The van der Waals surface area contributed by atoms with Gasteiger partial charge in [0.2, 0.25) is 0 Å². The first-order chi connectivity index (χ1) is 5.36. The molecule has 3 heteroatoms. The van der Waals surface area contributed by atoms with Gasteiger partial charge in [-0.2, -0.15) is 0 Å². The van der Waals surface area contributed by atoms with E-state index >= 15 is 0 Å². The summed E-state index contributed by atoms with van der Waals surface area (Å²) in [5.41, 5.74) is 10.1. The van der Waals surface area contributed by atoms with E-state index in [1.165, 1.54) is 11.3 Å². The molecule has 1 radical (unpaired) electrons. The maximum atomic E-state index is 7.57. The minimum Gasteiger partial charge on any atom is -0.674 e. The minimum absolute atomic E-state index is 0. The summed E-state index contributed by atoms with van der Waals surface area (Å²) in [5, 5.41) is 0. The SMILES string of the molecule is [Ac].[NH-][C@@H]1CCc2ncccc2C1. The third-order valence-electron chi connectivity index (χ3n) is 2.18. The van der Waals surface area contributed by atoms with Crippen LogP contribution in [0.5, 0.6) is 0 Å². The van der Waals surface area contributed by atoms with Gasteiger partial charge in [0.1, 0.15) is 0 Å². The van der Waals surface area contributed by atoms with Crippen LogP contribution in [0, 0.1) is 44.1 Å². The predicted octanol–water partition coefficient (Wildman–Crippen LogP) is 1.99. The smallest absolute Gasteiger partial charge is 0.0434 e. The Hall–Kier alpha value is 0.552. The molecule has 1 heterocycles. The van der Waals surface area contributed by atoms with Crippen molar-refractivity contribution in [2.45, 2.75) is 25.3 Å². The monoisotopic (exact) mass is 374 g/mol. The molecule has 0 saturated heterocycles. The topological polar surface area (TPSA) is 36.7 Å². The van der Waals surface area contributed by atoms with E-state index in [0.29, 0.717) is 0 Å². The summed E-state index contributed by atoms with van der Waals surface area (Å²) in [6, 6.07) is 4.14. The molecule has 0 spiro atoms. The number of aromatic nitrogens is 1. The largest absolute Gasteiger partial charge is 0.674 e. The van der Waals surface area contributed by atoms with E-state index < -0.39 is 0 Å². The van der Waals surface area contributed by atoms with E-state index in [4.69, 9.17) is 5.73 Å². The van der Waals surface area contributed by atoms with Gasteiger partial charge in [0, 0.05) is 56.0 Å². The van der Waals surface area contributed by atoms with Gasteiger partial charge in [0.25, 0.3) is 0 Å².